The van der Waals surface area contributed by atoms with E-state index in [0.29, 0.717) is 0 Å². The van der Waals surface area contributed by atoms with Crippen LogP contribution in [0.15, 0.2) is 42.5 Å². The van der Waals surface area contributed by atoms with E-state index >= 15 is 0 Å². The van der Waals surface area contributed by atoms with Gasteiger partial charge in [-0.05, 0) is 49.1 Å². The molecule has 2 aromatic rings. The molecule has 1 atom stereocenters. The van der Waals surface area contributed by atoms with Gasteiger partial charge in [0.05, 0.1) is 23.6 Å². The minimum absolute atomic E-state index is 0.0707. The van der Waals surface area contributed by atoms with Gasteiger partial charge in [0.1, 0.15) is 6.04 Å². The largest absolute Gasteiger partial charge is 0.417 e. The van der Waals surface area contributed by atoms with Crippen molar-refractivity contribution in [1.29, 1.82) is 5.26 Å². The lowest BCUT2D eigenvalue weighted by Crippen LogP contribution is -2.61. The highest BCUT2D eigenvalue weighted by Crippen LogP contribution is 2.35. The van der Waals surface area contributed by atoms with Gasteiger partial charge >= 0.3 is 6.18 Å². The fraction of sp³-hybridized carbons (Fsp3) is 0.400. The van der Waals surface area contributed by atoms with Gasteiger partial charge in [-0.15, -0.1) is 0 Å². The Kier molecular flexibility index (Phi) is 6.51. The molecule has 4 rings (SSSR count). The number of rotatable bonds is 5. The van der Waals surface area contributed by atoms with Gasteiger partial charge in [0.15, 0.2) is 0 Å². The second-order valence-electron chi connectivity index (χ2n) is 8.77. The summed E-state index contributed by atoms with van der Waals surface area (Å²) in [5.74, 6) is -0.490. The zero-order valence-corrected chi connectivity index (χ0v) is 18.7. The number of anilines is 1. The van der Waals surface area contributed by atoms with Crippen LogP contribution in [0.1, 0.15) is 35.1 Å². The Bertz CT molecular complexity index is 1140. The molecular weight excluding hydrogens is 445 g/mol. The van der Waals surface area contributed by atoms with Crippen LogP contribution in [0.25, 0.3) is 0 Å². The molecular formula is C25H25F3N4O2. The highest BCUT2D eigenvalue weighted by molar-refractivity contribution is 5.90. The van der Waals surface area contributed by atoms with Gasteiger partial charge in [-0.1, -0.05) is 24.3 Å². The summed E-state index contributed by atoms with van der Waals surface area (Å²) in [6.07, 6.45) is -2.77. The van der Waals surface area contributed by atoms with Crippen LogP contribution in [0.2, 0.25) is 0 Å². The number of carbonyl (C=O) groups is 2. The second-order valence-corrected chi connectivity index (χ2v) is 8.77. The van der Waals surface area contributed by atoms with Crippen molar-refractivity contribution < 1.29 is 22.8 Å². The predicted octanol–water partition coefficient (Wildman–Crippen LogP) is 3.42. The topological polar surface area (TPSA) is 76.4 Å². The van der Waals surface area contributed by atoms with Crippen molar-refractivity contribution in [3.63, 3.8) is 0 Å². The summed E-state index contributed by atoms with van der Waals surface area (Å²) in [5, 5.41) is 12.0. The molecule has 1 heterocycles. The fourth-order valence-corrected chi connectivity index (χ4v) is 4.20. The van der Waals surface area contributed by atoms with Crippen LogP contribution in [0.5, 0.6) is 0 Å². The Hall–Kier alpha value is -3.54. The molecule has 1 saturated heterocycles. The van der Waals surface area contributed by atoms with Crippen LogP contribution >= 0.6 is 0 Å². The Morgan fingerprint density at radius 3 is 2.53 bits per heavy atom. The second kappa shape index (κ2) is 9.37. The first-order chi connectivity index (χ1) is 16.2. The molecule has 0 radical (unpaired) electrons. The third-order valence-corrected chi connectivity index (χ3v) is 6.32. The van der Waals surface area contributed by atoms with Gasteiger partial charge in [-0.2, -0.15) is 18.4 Å². The molecule has 2 aliphatic rings. The number of carbonyl (C=O) groups excluding carboxylic acids is 2. The van der Waals surface area contributed by atoms with E-state index in [9.17, 15) is 22.8 Å². The number of amides is 2. The molecule has 6 nitrogen and oxygen atoms in total. The van der Waals surface area contributed by atoms with E-state index in [-0.39, 0.29) is 49.6 Å². The normalized spacial score (nSPS) is 18.4. The van der Waals surface area contributed by atoms with Crippen LogP contribution in [-0.2, 0) is 22.2 Å². The summed E-state index contributed by atoms with van der Waals surface area (Å²) >= 11 is 0. The molecule has 0 spiro atoms. The van der Waals surface area contributed by atoms with E-state index in [1.54, 1.807) is 11.0 Å². The lowest BCUT2D eigenvalue weighted by molar-refractivity contribution is -0.140. The van der Waals surface area contributed by atoms with Gasteiger partial charge < -0.3 is 15.1 Å². The van der Waals surface area contributed by atoms with Crippen molar-refractivity contribution >= 4 is 17.5 Å². The fourth-order valence-electron chi connectivity index (χ4n) is 4.20. The first-order valence-corrected chi connectivity index (χ1v) is 11.2. The van der Waals surface area contributed by atoms with Gasteiger partial charge in [0.2, 0.25) is 11.8 Å². The number of halogens is 3. The van der Waals surface area contributed by atoms with Crippen molar-refractivity contribution in [3.05, 3.63) is 64.7 Å². The Morgan fingerprint density at radius 2 is 1.88 bits per heavy atom. The van der Waals surface area contributed by atoms with Crippen molar-refractivity contribution in [3.8, 4) is 6.07 Å². The highest BCUT2D eigenvalue weighted by atomic mass is 19.4. The average Bonchev–Trinajstić information content (AvgIpc) is 3.63. The molecule has 2 amide bonds. The molecule has 34 heavy (non-hydrogen) atoms. The van der Waals surface area contributed by atoms with E-state index in [4.69, 9.17) is 5.26 Å². The van der Waals surface area contributed by atoms with Crippen LogP contribution in [0.3, 0.4) is 0 Å². The quantitative estimate of drug-likeness (QED) is 0.727. The van der Waals surface area contributed by atoms with Crippen LogP contribution in [0.4, 0.5) is 18.9 Å². The number of nitrogens with one attached hydrogen (secondary N) is 1. The standard InChI is InChI=1S/C25H25F3N4O2/c1-16-4-2-3-5-17(16)12-23(33)32-11-10-31(15-22(32)24(34)30-19-7-8-19)20-9-6-18(14-29)21(13-20)25(26,27)28/h2-6,9,13,19,22H,7-8,10-12,15H2,1H3,(H,30,34). The third kappa shape index (κ3) is 5.16. The molecule has 0 bridgehead atoms. The van der Waals surface area contributed by atoms with E-state index in [1.807, 2.05) is 31.2 Å². The molecule has 0 aromatic heterocycles. The molecule has 2 aromatic carbocycles. The first-order valence-electron chi connectivity index (χ1n) is 11.2. The summed E-state index contributed by atoms with van der Waals surface area (Å²) < 4.78 is 40.4. The van der Waals surface area contributed by atoms with Gasteiger partial charge in [0, 0.05) is 31.4 Å². The Morgan fingerprint density at radius 1 is 1.15 bits per heavy atom. The number of benzene rings is 2. The number of nitriles is 1. The zero-order valence-electron chi connectivity index (χ0n) is 18.7. The molecule has 1 unspecified atom stereocenters. The number of hydrogen-bond acceptors (Lipinski definition) is 4. The van der Waals surface area contributed by atoms with Crippen LogP contribution in [0, 0.1) is 18.3 Å². The summed E-state index contributed by atoms with van der Waals surface area (Å²) in [6.45, 7) is 2.47. The van der Waals surface area contributed by atoms with E-state index in [0.717, 1.165) is 36.1 Å². The molecule has 178 valence electrons. The summed E-state index contributed by atoms with van der Waals surface area (Å²) in [6, 6.07) is 11.9. The van der Waals surface area contributed by atoms with E-state index < -0.39 is 23.3 Å². The van der Waals surface area contributed by atoms with Crippen molar-refractivity contribution in [1.82, 2.24) is 10.2 Å². The predicted molar refractivity (Wildman–Crippen MR) is 120 cm³/mol. The number of hydrogen-bond donors (Lipinski definition) is 1. The van der Waals surface area contributed by atoms with Crippen molar-refractivity contribution in [2.75, 3.05) is 24.5 Å². The van der Waals surface area contributed by atoms with E-state index in [1.165, 1.54) is 11.0 Å². The minimum atomic E-state index is -4.67. The zero-order chi connectivity index (χ0) is 24.5. The van der Waals surface area contributed by atoms with Crippen LogP contribution in [-0.4, -0.2) is 48.4 Å². The molecule has 1 saturated carbocycles. The molecule has 1 N–H and O–H groups in total. The minimum Gasteiger partial charge on any atom is -0.367 e. The van der Waals surface area contributed by atoms with Gasteiger partial charge in [0.25, 0.3) is 0 Å². The van der Waals surface area contributed by atoms with Crippen LogP contribution < -0.4 is 10.2 Å². The van der Waals surface area contributed by atoms with Crippen molar-refractivity contribution in [2.24, 2.45) is 0 Å². The maximum atomic E-state index is 13.5. The number of alkyl halides is 3. The Balaban J connectivity index is 1.58. The third-order valence-electron chi connectivity index (χ3n) is 6.32. The number of aryl methyl sites for hydroxylation is 1. The Labute approximate surface area is 196 Å². The number of piperazine rings is 1. The summed E-state index contributed by atoms with van der Waals surface area (Å²) in [5.41, 5.74) is 0.654. The maximum Gasteiger partial charge on any atom is 0.417 e. The molecule has 1 aliphatic heterocycles. The van der Waals surface area contributed by atoms with Crippen molar-refractivity contribution in [2.45, 2.75) is 44.4 Å². The molecule has 1 aliphatic carbocycles. The maximum absolute atomic E-state index is 13.5. The van der Waals surface area contributed by atoms with Gasteiger partial charge in [-0.3, -0.25) is 9.59 Å². The first kappa shape index (κ1) is 23.6. The van der Waals surface area contributed by atoms with Gasteiger partial charge in [-0.25, -0.2) is 0 Å². The SMILES string of the molecule is Cc1ccccc1CC(=O)N1CCN(c2ccc(C#N)c(C(F)(F)F)c2)CC1C(=O)NC1CC1. The molecule has 2 fully saturated rings. The molecule has 9 heteroatoms. The average molecular weight is 470 g/mol. The van der Waals surface area contributed by atoms with E-state index in [2.05, 4.69) is 5.32 Å². The monoisotopic (exact) mass is 470 g/mol. The highest BCUT2D eigenvalue weighted by Gasteiger charge is 2.39. The summed E-state index contributed by atoms with van der Waals surface area (Å²) in [7, 11) is 0. The lowest BCUT2D eigenvalue weighted by Gasteiger charge is -2.42. The summed E-state index contributed by atoms with van der Waals surface area (Å²) in [4.78, 5) is 29.4. The number of nitrogens with zero attached hydrogens (tertiary/aromatic N) is 3. The lowest BCUT2D eigenvalue weighted by atomic mass is 10.0. The smallest absolute Gasteiger partial charge is 0.367 e.